The normalized spacial score (nSPS) is 11.9. The van der Waals surface area contributed by atoms with Crippen LogP contribution in [0.2, 0.25) is 0 Å². The highest BCUT2D eigenvalue weighted by atomic mass is 15.2. The Hall–Kier alpha value is -6.37. The number of hydrogen-bond donors (Lipinski definition) is 0. The smallest absolute Gasteiger partial charge is 0.187 e. The molecule has 3 heteroatoms. The highest BCUT2D eigenvalue weighted by Gasteiger charge is 2.24. The molecule has 0 aliphatic heterocycles. The molecule has 3 nitrogen and oxygen atoms in total. The van der Waals surface area contributed by atoms with Crippen molar-refractivity contribution >= 4 is 72.1 Å². The third-order valence-electron chi connectivity index (χ3n) is 12.0. The molecule has 0 saturated heterocycles. The average Bonchev–Trinajstić information content (AvgIpc) is 3.20. The molecular weight excluding hydrogens is 703 g/mol. The van der Waals surface area contributed by atoms with E-state index in [-0.39, 0.29) is 10.8 Å². The molecule has 8 aromatic rings. The second-order valence-corrected chi connectivity index (χ2v) is 18.1. The highest BCUT2D eigenvalue weighted by molar-refractivity contribution is 6.25. The second-order valence-electron chi connectivity index (χ2n) is 18.1. The lowest BCUT2D eigenvalue weighted by atomic mass is 9.87. The number of hydrogen-bond acceptors (Lipinski definition) is 2. The molecule has 8 rings (SSSR count). The van der Waals surface area contributed by atoms with E-state index in [2.05, 4.69) is 217 Å². The number of benzene rings is 8. The van der Waals surface area contributed by atoms with Crippen molar-refractivity contribution in [1.82, 2.24) is 0 Å². The summed E-state index contributed by atoms with van der Waals surface area (Å²) in [6.45, 7) is 30.4. The van der Waals surface area contributed by atoms with E-state index in [1.165, 1.54) is 33.4 Å². The summed E-state index contributed by atoms with van der Waals surface area (Å²) in [6.07, 6.45) is 0. The van der Waals surface area contributed by atoms with Gasteiger partial charge in [-0.25, -0.2) is 4.85 Å². The van der Waals surface area contributed by atoms with Crippen molar-refractivity contribution in [2.24, 2.45) is 0 Å². The lowest BCUT2D eigenvalue weighted by Gasteiger charge is -2.31. The van der Waals surface area contributed by atoms with Crippen LogP contribution in [0.4, 0.5) is 39.8 Å². The summed E-state index contributed by atoms with van der Waals surface area (Å²) < 4.78 is 0. The maximum absolute atomic E-state index is 8.12. The fourth-order valence-corrected chi connectivity index (χ4v) is 8.19. The molecule has 0 aliphatic carbocycles. The predicted octanol–water partition coefficient (Wildman–Crippen LogP) is 16.5. The first-order valence-electron chi connectivity index (χ1n) is 20.4. The van der Waals surface area contributed by atoms with Crippen LogP contribution in [0.3, 0.4) is 0 Å². The van der Waals surface area contributed by atoms with Crippen LogP contribution in [0.1, 0.15) is 74.9 Å². The summed E-state index contributed by atoms with van der Waals surface area (Å²) in [6, 6.07) is 51.4. The summed E-state index contributed by atoms with van der Waals surface area (Å²) in [5, 5.41) is 6.72. The standard InChI is InChI=1S/C55H53N3/c1-35-16-23-44(30-37(35)3)57(42-25-18-39(19-26-42)54(5,6)7)52-34-51-49-32-41(56-11)22-29-48(49)53(33-50(51)46-14-12-13-15-47(46)52)58(45-24-17-36(2)38(4)31-45)43-27-20-40(21-28-43)55(8,9)10/h12-34H,1-10H3. The van der Waals surface area contributed by atoms with Crippen molar-refractivity contribution < 1.29 is 0 Å². The predicted molar refractivity (Wildman–Crippen MR) is 251 cm³/mol. The van der Waals surface area contributed by atoms with Crippen LogP contribution in [0.15, 0.2) is 140 Å². The summed E-state index contributed by atoms with van der Waals surface area (Å²) >= 11 is 0. The highest BCUT2D eigenvalue weighted by Crippen LogP contribution is 2.49. The van der Waals surface area contributed by atoms with Crippen molar-refractivity contribution in [1.29, 1.82) is 0 Å². The van der Waals surface area contributed by atoms with E-state index in [0.29, 0.717) is 5.69 Å². The van der Waals surface area contributed by atoms with Gasteiger partial charge in [-0.2, -0.15) is 0 Å². The molecule has 0 N–H and O–H groups in total. The second kappa shape index (κ2) is 14.5. The summed E-state index contributed by atoms with van der Waals surface area (Å²) in [5.74, 6) is 0. The van der Waals surface area contributed by atoms with E-state index in [4.69, 9.17) is 6.57 Å². The zero-order valence-electron chi connectivity index (χ0n) is 35.6. The summed E-state index contributed by atoms with van der Waals surface area (Å²) in [5.41, 5.74) is 14.9. The zero-order chi connectivity index (χ0) is 41.1. The topological polar surface area (TPSA) is 10.8 Å². The van der Waals surface area contributed by atoms with E-state index in [0.717, 1.165) is 66.4 Å². The Morgan fingerprint density at radius 3 is 1.21 bits per heavy atom. The minimum absolute atomic E-state index is 0.0338. The molecule has 288 valence electrons. The molecule has 0 unspecified atom stereocenters. The van der Waals surface area contributed by atoms with Gasteiger partial charge in [-0.05, 0) is 160 Å². The number of anilines is 6. The van der Waals surface area contributed by atoms with Gasteiger partial charge in [0, 0.05) is 33.5 Å². The van der Waals surface area contributed by atoms with Crippen LogP contribution in [0.25, 0.3) is 37.2 Å². The molecular formula is C55H53N3. The quantitative estimate of drug-likeness (QED) is 0.124. The monoisotopic (exact) mass is 755 g/mol. The third kappa shape index (κ3) is 6.98. The van der Waals surface area contributed by atoms with Crippen LogP contribution < -0.4 is 9.80 Å². The van der Waals surface area contributed by atoms with Crippen molar-refractivity contribution in [2.75, 3.05) is 9.80 Å². The van der Waals surface area contributed by atoms with Gasteiger partial charge >= 0.3 is 0 Å². The van der Waals surface area contributed by atoms with Gasteiger partial charge < -0.3 is 9.80 Å². The molecule has 0 saturated carbocycles. The van der Waals surface area contributed by atoms with Gasteiger partial charge in [-0.3, -0.25) is 0 Å². The largest absolute Gasteiger partial charge is 0.310 e. The average molecular weight is 756 g/mol. The van der Waals surface area contributed by atoms with Crippen molar-refractivity contribution in [3.63, 3.8) is 0 Å². The lowest BCUT2D eigenvalue weighted by molar-refractivity contribution is 0.590. The molecule has 0 aromatic heterocycles. The maximum Gasteiger partial charge on any atom is 0.187 e. The fourth-order valence-electron chi connectivity index (χ4n) is 8.19. The molecule has 0 radical (unpaired) electrons. The van der Waals surface area contributed by atoms with E-state index >= 15 is 0 Å². The van der Waals surface area contributed by atoms with Crippen LogP contribution in [0.5, 0.6) is 0 Å². The number of aryl methyl sites for hydroxylation is 4. The SMILES string of the molecule is [C-]#[N+]c1ccc2c(N(c3ccc(C(C)(C)C)cc3)c3ccc(C)c(C)c3)cc3c4ccccc4c(N(c4ccc(C(C)(C)C)cc4)c4ccc(C)c(C)c4)cc3c2c1. The van der Waals surface area contributed by atoms with E-state index in [1.54, 1.807) is 0 Å². The van der Waals surface area contributed by atoms with Crippen LogP contribution in [0, 0.1) is 34.3 Å². The van der Waals surface area contributed by atoms with Crippen molar-refractivity contribution in [2.45, 2.75) is 80.1 Å². The van der Waals surface area contributed by atoms with E-state index < -0.39 is 0 Å². The Balaban J connectivity index is 1.47. The molecule has 8 aromatic carbocycles. The van der Waals surface area contributed by atoms with Crippen LogP contribution >= 0.6 is 0 Å². The molecule has 0 amide bonds. The minimum atomic E-state index is 0.0338. The molecule has 0 heterocycles. The third-order valence-corrected chi connectivity index (χ3v) is 12.0. The first-order chi connectivity index (χ1) is 27.6. The molecule has 0 atom stereocenters. The Morgan fingerprint density at radius 2 is 0.776 bits per heavy atom. The molecule has 0 aliphatic rings. The Bertz CT molecular complexity index is 2900. The van der Waals surface area contributed by atoms with Gasteiger partial charge in [-0.1, -0.05) is 114 Å². The zero-order valence-corrected chi connectivity index (χ0v) is 35.6. The van der Waals surface area contributed by atoms with E-state index in [9.17, 15) is 0 Å². The van der Waals surface area contributed by atoms with Crippen LogP contribution in [-0.4, -0.2) is 0 Å². The number of rotatable bonds is 6. The summed E-state index contributed by atoms with van der Waals surface area (Å²) in [7, 11) is 0. The van der Waals surface area contributed by atoms with Gasteiger partial charge in [0.05, 0.1) is 17.9 Å². The minimum Gasteiger partial charge on any atom is -0.310 e. The number of fused-ring (bicyclic) bond motifs is 5. The van der Waals surface area contributed by atoms with Gasteiger partial charge in [-0.15, -0.1) is 0 Å². The Morgan fingerprint density at radius 1 is 0.379 bits per heavy atom. The van der Waals surface area contributed by atoms with Gasteiger partial charge in [0.1, 0.15) is 0 Å². The van der Waals surface area contributed by atoms with Gasteiger partial charge in [0.15, 0.2) is 5.69 Å². The first kappa shape index (κ1) is 38.5. The van der Waals surface area contributed by atoms with Gasteiger partial charge in [0.2, 0.25) is 0 Å². The molecule has 0 bridgehead atoms. The molecule has 58 heavy (non-hydrogen) atoms. The lowest BCUT2D eigenvalue weighted by Crippen LogP contribution is -2.14. The van der Waals surface area contributed by atoms with Gasteiger partial charge in [0.25, 0.3) is 0 Å². The fraction of sp³-hybridized carbons (Fsp3) is 0.218. The molecule has 0 spiro atoms. The first-order valence-corrected chi connectivity index (χ1v) is 20.4. The van der Waals surface area contributed by atoms with E-state index in [1.807, 2.05) is 6.07 Å². The summed E-state index contributed by atoms with van der Waals surface area (Å²) in [4.78, 5) is 8.77. The van der Waals surface area contributed by atoms with Crippen LogP contribution in [-0.2, 0) is 10.8 Å². The maximum atomic E-state index is 8.12. The molecule has 0 fully saturated rings. The Kier molecular flexibility index (Phi) is 9.65. The number of nitrogens with zero attached hydrogens (tertiary/aromatic N) is 3. The van der Waals surface area contributed by atoms with Crippen molar-refractivity contribution in [3.8, 4) is 0 Å². The Labute approximate surface area is 345 Å². The van der Waals surface area contributed by atoms with Crippen molar-refractivity contribution in [3.05, 3.63) is 184 Å².